The highest BCUT2D eigenvalue weighted by molar-refractivity contribution is 7.99. The van der Waals surface area contributed by atoms with E-state index in [9.17, 15) is 19.5 Å². The Morgan fingerprint density at radius 3 is 2.43 bits per heavy atom. The first kappa shape index (κ1) is 16.8. The number of amides is 2. The van der Waals surface area contributed by atoms with Gasteiger partial charge in [0, 0.05) is 25.3 Å². The van der Waals surface area contributed by atoms with Crippen molar-refractivity contribution in [1.29, 1.82) is 0 Å². The quantitative estimate of drug-likeness (QED) is 0.460. The summed E-state index contributed by atoms with van der Waals surface area (Å²) in [7, 11) is 0. The number of hydrogen-bond acceptors (Lipinski definition) is 5. The number of benzene rings is 1. The Kier molecular flexibility index (Phi) is 6.04. The third-order valence-corrected chi connectivity index (χ3v) is 3.50. The number of hydrogen-bond donors (Lipinski definition) is 4. The fraction of sp³-hybridized carbons (Fsp3) is 0.308. The van der Waals surface area contributed by atoms with E-state index in [4.69, 9.17) is 5.11 Å². The Balaban J connectivity index is 2.78. The molecular weight excluding hydrogens is 296 g/mol. The molecule has 7 nitrogen and oxygen atoms in total. The van der Waals surface area contributed by atoms with Crippen LogP contribution in [0.1, 0.15) is 13.8 Å². The normalized spacial score (nSPS) is 11.5. The summed E-state index contributed by atoms with van der Waals surface area (Å²) in [6.45, 7) is 2.59. The molecule has 114 valence electrons. The molecule has 2 amide bonds. The number of nitrogens with one attached hydrogen (secondary N) is 2. The minimum absolute atomic E-state index is 0.0268. The van der Waals surface area contributed by atoms with Gasteiger partial charge in [-0.3, -0.25) is 9.59 Å². The Morgan fingerprint density at radius 1 is 1.24 bits per heavy atom. The second-order valence-electron chi connectivity index (χ2n) is 4.27. The number of aliphatic carboxylic acids is 1. The number of anilines is 1. The molecular formula is C13H16N2O5S. The van der Waals surface area contributed by atoms with E-state index in [1.807, 2.05) is 0 Å². The molecule has 4 N–H and O–H groups in total. The number of carboxylic acid groups (broad SMARTS) is 1. The van der Waals surface area contributed by atoms with Gasteiger partial charge in [-0.2, -0.15) is 0 Å². The summed E-state index contributed by atoms with van der Waals surface area (Å²) >= 11 is 1.07. The smallest absolute Gasteiger partial charge is 0.327 e. The molecule has 1 atom stereocenters. The maximum Gasteiger partial charge on any atom is 0.327 e. The van der Waals surface area contributed by atoms with Gasteiger partial charge in [0.25, 0.3) is 0 Å². The minimum Gasteiger partial charge on any atom is -0.507 e. The van der Waals surface area contributed by atoms with Gasteiger partial charge < -0.3 is 20.8 Å². The summed E-state index contributed by atoms with van der Waals surface area (Å²) in [4.78, 5) is 33.3. The van der Waals surface area contributed by atoms with Crippen molar-refractivity contribution in [3.05, 3.63) is 18.2 Å². The molecule has 0 unspecified atom stereocenters. The molecule has 0 aliphatic carbocycles. The van der Waals surface area contributed by atoms with Crippen LogP contribution < -0.4 is 10.6 Å². The van der Waals surface area contributed by atoms with Crippen LogP contribution >= 0.6 is 11.8 Å². The standard InChI is InChI=1S/C13H16N2O5S/c1-7(16)14-9-3-4-11(18)12(5-9)21-6-10(13(19)20)15-8(2)17/h3-5,10,18H,6H2,1-2H3,(H,14,16)(H,15,17)(H,19,20)/t10-/m0/s1. The number of carboxylic acids is 1. The van der Waals surface area contributed by atoms with E-state index in [1.165, 1.54) is 32.0 Å². The molecule has 0 saturated heterocycles. The highest BCUT2D eigenvalue weighted by atomic mass is 32.2. The summed E-state index contributed by atoms with van der Waals surface area (Å²) in [5.41, 5.74) is 0.495. The maximum atomic E-state index is 11.0. The SMILES string of the molecule is CC(=O)Nc1ccc(O)c(SC[C@H](NC(C)=O)C(=O)O)c1. The average molecular weight is 312 g/mol. The minimum atomic E-state index is -1.16. The van der Waals surface area contributed by atoms with E-state index < -0.39 is 17.9 Å². The maximum absolute atomic E-state index is 11.0. The van der Waals surface area contributed by atoms with Crippen LogP contribution in [-0.4, -0.2) is 39.8 Å². The predicted molar refractivity (Wildman–Crippen MR) is 78.4 cm³/mol. The number of carbonyl (C=O) groups excluding carboxylic acids is 2. The number of thioether (sulfide) groups is 1. The van der Waals surface area contributed by atoms with E-state index in [2.05, 4.69) is 10.6 Å². The molecule has 1 rings (SSSR count). The van der Waals surface area contributed by atoms with Crippen LogP contribution in [0.3, 0.4) is 0 Å². The molecule has 0 saturated carbocycles. The van der Waals surface area contributed by atoms with Crippen LogP contribution in [0.4, 0.5) is 5.69 Å². The van der Waals surface area contributed by atoms with Gasteiger partial charge in [0.15, 0.2) is 0 Å². The zero-order chi connectivity index (χ0) is 16.0. The molecule has 0 aromatic heterocycles. The van der Waals surface area contributed by atoms with Crippen molar-refractivity contribution >= 4 is 35.2 Å². The third kappa shape index (κ3) is 5.74. The topological polar surface area (TPSA) is 116 Å². The molecule has 0 fully saturated rings. The van der Waals surface area contributed by atoms with Gasteiger partial charge in [-0.05, 0) is 18.2 Å². The first-order valence-electron chi connectivity index (χ1n) is 6.03. The third-order valence-electron chi connectivity index (χ3n) is 2.36. The Bertz CT molecular complexity index is 561. The van der Waals surface area contributed by atoms with Gasteiger partial charge in [0.05, 0.1) is 4.90 Å². The van der Waals surface area contributed by atoms with E-state index in [0.717, 1.165) is 11.8 Å². The van der Waals surface area contributed by atoms with Crippen molar-refractivity contribution in [2.24, 2.45) is 0 Å². The van der Waals surface area contributed by atoms with Crippen LogP contribution in [0.15, 0.2) is 23.1 Å². The van der Waals surface area contributed by atoms with Crippen LogP contribution in [0.5, 0.6) is 5.75 Å². The van der Waals surface area contributed by atoms with E-state index in [1.54, 1.807) is 0 Å². The lowest BCUT2D eigenvalue weighted by Gasteiger charge is -2.14. The molecule has 0 heterocycles. The van der Waals surface area contributed by atoms with Crippen molar-refractivity contribution < 1.29 is 24.6 Å². The monoisotopic (exact) mass is 312 g/mol. The molecule has 0 spiro atoms. The molecule has 8 heteroatoms. The number of rotatable bonds is 6. The van der Waals surface area contributed by atoms with Crippen LogP contribution in [0.25, 0.3) is 0 Å². The van der Waals surface area contributed by atoms with Crippen LogP contribution in [0, 0.1) is 0 Å². The number of phenolic OH excluding ortho intramolecular Hbond substituents is 1. The zero-order valence-electron chi connectivity index (χ0n) is 11.5. The van der Waals surface area contributed by atoms with Crippen molar-refractivity contribution in [1.82, 2.24) is 5.32 Å². The molecule has 0 aliphatic heterocycles. The van der Waals surface area contributed by atoms with Crippen molar-refractivity contribution in [3.63, 3.8) is 0 Å². The largest absolute Gasteiger partial charge is 0.507 e. The molecule has 1 aromatic carbocycles. The summed E-state index contributed by atoms with van der Waals surface area (Å²) in [5.74, 6) is -1.83. The molecule has 1 aromatic rings. The van der Waals surface area contributed by atoms with Gasteiger partial charge in [-0.25, -0.2) is 4.79 Å². The Labute approximate surface area is 125 Å². The zero-order valence-corrected chi connectivity index (χ0v) is 12.4. The van der Waals surface area contributed by atoms with Crippen LogP contribution in [-0.2, 0) is 14.4 Å². The van der Waals surface area contributed by atoms with Gasteiger partial charge in [-0.1, -0.05) is 0 Å². The molecule has 0 bridgehead atoms. The predicted octanol–water partition coefficient (Wildman–Crippen LogP) is 1.03. The van der Waals surface area contributed by atoms with E-state index >= 15 is 0 Å². The van der Waals surface area contributed by atoms with E-state index in [-0.39, 0.29) is 17.4 Å². The molecule has 0 aliphatic rings. The van der Waals surface area contributed by atoms with Gasteiger partial charge >= 0.3 is 5.97 Å². The number of phenols is 1. The van der Waals surface area contributed by atoms with Gasteiger partial charge in [0.1, 0.15) is 11.8 Å². The highest BCUT2D eigenvalue weighted by Crippen LogP contribution is 2.31. The van der Waals surface area contributed by atoms with Crippen molar-refractivity contribution in [3.8, 4) is 5.75 Å². The first-order valence-corrected chi connectivity index (χ1v) is 7.01. The second kappa shape index (κ2) is 7.53. The van der Waals surface area contributed by atoms with Crippen molar-refractivity contribution in [2.75, 3.05) is 11.1 Å². The fourth-order valence-corrected chi connectivity index (χ4v) is 2.50. The van der Waals surface area contributed by atoms with E-state index in [0.29, 0.717) is 10.6 Å². The van der Waals surface area contributed by atoms with Crippen LogP contribution in [0.2, 0.25) is 0 Å². The summed E-state index contributed by atoms with van der Waals surface area (Å²) in [5, 5.41) is 23.6. The lowest BCUT2D eigenvalue weighted by Crippen LogP contribution is -2.41. The van der Waals surface area contributed by atoms with Gasteiger partial charge in [0.2, 0.25) is 11.8 Å². The Hall–Kier alpha value is -2.22. The Morgan fingerprint density at radius 2 is 1.90 bits per heavy atom. The summed E-state index contributed by atoms with van der Waals surface area (Å²) in [6, 6.07) is 3.41. The second-order valence-corrected chi connectivity index (χ2v) is 5.33. The molecule has 21 heavy (non-hydrogen) atoms. The van der Waals surface area contributed by atoms with Crippen molar-refractivity contribution in [2.45, 2.75) is 24.8 Å². The summed E-state index contributed by atoms with van der Waals surface area (Å²) < 4.78 is 0. The fourth-order valence-electron chi connectivity index (χ4n) is 1.50. The number of aromatic hydroxyl groups is 1. The molecule has 0 radical (unpaired) electrons. The lowest BCUT2D eigenvalue weighted by atomic mass is 10.3. The average Bonchev–Trinajstić information content (AvgIpc) is 2.36. The first-order chi connectivity index (χ1) is 9.79. The lowest BCUT2D eigenvalue weighted by molar-refractivity contribution is -0.140. The number of carbonyl (C=O) groups is 3. The van der Waals surface area contributed by atoms with Gasteiger partial charge in [-0.15, -0.1) is 11.8 Å². The summed E-state index contributed by atoms with van der Waals surface area (Å²) in [6.07, 6.45) is 0. The highest BCUT2D eigenvalue weighted by Gasteiger charge is 2.19.